The number of aliphatic hydroxyl groups is 1. The Morgan fingerprint density at radius 3 is 2.63 bits per heavy atom. The average Bonchev–Trinajstić information content (AvgIpc) is 2.85. The molecule has 0 aliphatic rings. The second-order valence-corrected chi connectivity index (χ2v) is 4.07. The molecule has 0 aliphatic carbocycles. The molecule has 0 saturated heterocycles. The van der Waals surface area contributed by atoms with Crippen LogP contribution in [0.25, 0.3) is 5.69 Å². The molecule has 2 rings (SSSR count). The maximum absolute atomic E-state index is 13.1. The molecule has 0 unspecified atom stereocenters. The Hall–Kier alpha value is -1.82. The van der Waals surface area contributed by atoms with Crippen molar-refractivity contribution in [3.05, 3.63) is 47.5 Å². The molecule has 0 radical (unpaired) electrons. The lowest BCUT2D eigenvalue weighted by molar-refractivity contribution is -0.137. The quantitative estimate of drug-likeness (QED) is 0.931. The van der Waals surface area contributed by atoms with Gasteiger partial charge in [0.1, 0.15) is 5.82 Å². The van der Waals surface area contributed by atoms with Crippen LogP contribution in [-0.4, -0.2) is 14.7 Å². The Balaban J connectivity index is 2.63. The normalized spacial score (nSPS) is 11.8. The standard InChI is InChI=1S/C13H13F3N2O/c1-2-12-17-5-6-18(12)11-4-3-9(8-19)7-10(11)13(14,15)16/h3-7,19H,2,8H2,1H3. The molecule has 1 aromatic heterocycles. The molecular weight excluding hydrogens is 257 g/mol. The molecule has 1 heterocycles. The highest BCUT2D eigenvalue weighted by molar-refractivity contribution is 5.46. The Morgan fingerprint density at radius 2 is 2.05 bits per heavy atom. The van der Waals surface area contributed by atoms with E-state index in [1.54, 1.807) is 0 Å². The van der Waals surface area contributed by atoms with Gasteiger partial charge in [-0.25, -0.2) is 4.98 Å². The van der Waals surface area contributed by atoms with Crippen LogP contribution >= 0.6 is 0 Å². The van der Waals surface area contributed by atoms with Crippen LogP contribution in [0, 0.1) is 0 Å². The molecule has 3 nitrogen and oxygen atoms in total. The largest absolute Gasteiger partial charge is 0.418 e. The second-order valence-electron chi connectivity index (χ2n) is 4.07. The third-order valence-electron chi connectivity index (χ3n) is 2.84. The maximum Gasteiger partial charge on any atom is 0.418 e. The van der Waals surface area contributed by atoms with Crippen molar-refractivity contribution in [2.45, 2.75) is 26.1 Å². The van der Waals surface area contributed by atoms with Gasteiger partial charge in [0.25, 0.3) is 0 Å². The van der Waals surface area contributed by atoms with Crippen LogP contribution in [0.3, 0.4) is 0 Å². The predicted octanol–water partition coefficient (Wildman–Crippen LogP) is 2.95. The fourth-order valence-corrected chi connectivity index (χ4v) is 1.93. The summed E-state index contributed by atoms with van der Waals surface area (Å²) < 4.78 is 40.7. The van der Waals surface area contributed by atoms with E-state index in [0.717, 1.165) is 6.07 Å². The number of hydrogen-bond acceptors (Lipinski definition) is 2. The molecule has 102 valence electrons. The number of nitrogens with zero attached hydrogens (tertiary/aromatic N) is 2. The minimum absolute atomic E-state index is 0.0269. The Bertz CT molecular complexity index is 576. The number of aryl methyl sites for hydroxylation is 1. The van der Waals surface area contributed by atoms with Gasteiger partial charge in [0.2, 0.25) is 0 Å². The molecule has 2 aromatic rings. The third-order valence-corrected chi connectivity index (χ3v) is 2.84. The van der Waals surface area contributed by atoms with Crippen molar-refractivity contribution in [1.82, 2.24) is 9.55 Å². The Morgan fingerprint density at radius 1 is 1.32 bits per heavy atom. The van der Waals surface area contributed by atoms with E-state index in [9.17, 15) is 13.2 Å². The van der Waals surface area contributed by atoms with Crippen LogP contribution in [0.4, 0.5) is 13.2 Å². The van der Waals surface area contributed by atoms with Crippen LogP contribution in [0.15, 0.2) is 30.6 Å². The monoisotopic (exact) mass is 270 g/mol. The molecule has 1 aromatic carbocycles. The summed E-state index contributed by atoms with van der Waals surface area (Å²) in [6.07, 6.45) is -0.969. The van der Waals surface area contributed by atoms with Gasteiger partial charge in [-0.2, -0.15) is 13.2 Å². The molecular formula is C13H13F3N2O. The summed E-state index contributed by atoms with van der Waals surface area (Å²) in [6, 6.07) is 3.80. The average molecular weight is 270 g/mol. The van der Waals surface area contributed by atoms with Crippen molar-refractivity contribution in [2.75, 3.05) is 0 Å². The summed E-state index contributed by atoms with van der Waals surface area (Å²) >= 11 is 0. The number of hydrogen-bond donors (Lipinski definition) is 1. The molecule has 0 bridgehead atoms. The first-order chi connectivity index (χ1) is 8.97. The van der Waals surface area contributed by atoms with Gasteiger partial charge in [-0.05, 0) is 17.7 Å². The summed E-state index contributed by atoms with van der Waals surface area (Å²) in [5.41, 5.74) is -0.514. The number of rotatable bonds is 3. The van der Waals surface area contributed by atoms with Crippen LogP contribution in [0.5, 0.6) is 0 Å². The zero-order valence-electron chi connectivity index (χ0n) is 10.3. The van der Waals surface area contributed by atoms with Crippen molar-refractivity contribution in [3.63, 3.8) is 0 Å². The molecule has 0 atom stereocenters. The molecule has 0 saturated carbocycles. The summed E-state index contributed by atoms with van der Waals surface area (Å²) in [5.74, 6) is 0.558. The van der Waals surface area contributed by atoms with Crippen LogP contribution in [-0.2, 0) is 19.2 Å². The minimum atomic E-state index is -4.48. The molecule has 0 fully saturated rings. The number of halogens is 3. The molecule has 19 heavy (non-hydrogen) atoms. The van der Waals surface area contributed by atoms with Crippen molar-refractivity contribution in [2.24, 2.45) is 0 Å². The Labute approximate surface area is 108 Å². The summed E-state index contributed by atoms with van der Waals surface area (Å²) in [5, 5.41) is 8.96. The highest BCUT2D eigenvalue weighted by atomic mass is 19.4. The van der Waals surface area contributed by atoms with Gasteiger partial charge in [-0.3, -0.25) is 0 Å². The maximum atomic E-state index is 13.1. The van der Waals surface area contributed by atoms with E-state index in [0.29, 0.717) is 12.2 Å². The number of aromatic nitrogens is 2. The zero-order valence-corrected chi connectivity index (χ0v) is 10.3. The first-order valence-corrected chi connectivity index (χ1v) is 5.81. The number of benzene rings is 1. The molecule has 6 heteroatoms. The van der Waals surface area contributed by atoms with Gasteiger partial charge in [0.15, 0.2) is 0 Å². The SMILES string of the molecule is CCc1nccn1-c1ccc(CO)cc1C(F)(F)F. The summed E-state index contributed by atoms with van der Waals surface area (Å²) in [6.45, 7) is 1.40. The van der Waals surface area contributed by atoms with E-state index in [4.69, 9.17) is 5.11 Å². The lowest BCUT2D eigenvalue weighted by Crippen LogP contribution is -2.12. The lowest BCUT2D eigenvalue weighted by atomic mass is 10.1. The Kier molecular flexibility index (Phi) is 3.61. The van der Waals surface area contributed by atoms with Crippen LogP contribution in [0.2, 0.25) is 0 Å². The molecule has 0 amide bonds. The minimum Gasteiger partial charge on any atom is -0.392 e. The fraction of sp³-hybridized carbons (Fsp3) is 0.308. The van der Waals surface area contributed by atoms with Gasteiger partial charge in [0.05, 0.1) is 17.9 Å². The number of aliphatic hydroxyl groups excluding tert-OH is 1. The van der Waals surface area contributed by atoms with E-state index in [2.05, 4.69) is 4.98 Å². The zero-order chi connectivity index (χ0) is 14.0. The molecule has 1 N–H and O–H groups in total. The van der Waals surface area contributed by atoms with Crippen molar-refractivity contribution < 1.29 is 18.3 Å². The first-order valence-electron chi connectivity index (χ1n) is 5.81. The van der Waals surface area contributed by atoms with E-state index in [-0.39, 0.29) is 11.3 Å². The highest BCUT2D eigenvalue weighted by Crippen LogP contribution is 2.35. The number of imidazole rings is 1. The summed E-state index contributed by atoms with van der Waals surface area (Å²) in [4.78, 5) is 4.02. The molecule has 0 spiro atoms. The van der Waals surface area contributed by atoms with Gasteiger partial charge in [-0.15, -0.1) is 0 Å². The van der Waals surface area contributed by atoms with E-state index < -0.39 is 18.3 Å². The third kappa shape index (κ3) is 2.63. The molecule has 0 aliphatic heterocycles. The van der Waals surface area contributed by atoms with Gasteiger partial charge < -0.3 is 9.67 Å². The smallest absolute Gasteiger partial charge is 0.392 e. The van der Waals surface area contributed by atoms with E-state index in [1.165, 1.54) is 29.1 Å². The number of alkyl halides is 3. The fourth-order valence-electron chi connectivity index (χ4n) is 1.93. The van der Waals surface area contributed by atoms with Gasteiger partial charge in [-0.1, -0.05) is 13.0 Å². The van der Waals surface area contributed by atoms with Gasteiger partial charge >= 0.3 is 6.18 Å². The second kappa shape index (κ2) is 5.05. The van der Waals surface area contributed by atoms with Crippen molar-refractivity contribution in [1.29, 1.82) is 0 Å². The van der Waals surface area contributed by atoms with Crippen LogP contribution < -0.4 is 0 Å². The first kappa shape index (κ1) is 13.6. The topological polar surface area (TPSA) is 38.0 Å². The summed E-state index contributed by atoms with van der Waals surface area (Å²) in [7, 11) is 0. The van der Waals surface area contributed by atoms with Crippen molar-refractivity contribution in [3.8, 4) is 5.69 Å². The predicted molar refractivity (Wildman–Crippen MR) is 63.9 cm³/mol. The van der Waals surface area contributed by atoms with Crippen molar-refractivity contribution >= 4 is 0 Å². The lowest BCUT2D eigenvalue weighted by Gasteiger charge is -2.16. The highest BCUT2D eigenvalue weighted by Gasteiger charge is 2.34. The van der Waals surface area contributed by atoms with Crippen LogP contribution in [0.1, 0.15) is 23.9 Å². The van der Waals surface area contributed by atoms with E-state index in [1.807, 2.05) is 6.92 Å². The van der Waals surface area contributed by atoms with Gasteiger partial charge in [0, 0.05) is 18.8 Å². The van der Waals surface area contributed by atoms with E-state index >= 15 is 0 Å².